The van der Waals surface area contributed by atoms with E-state index in [-0.39, 0.29) is 24.7 Å². The van der Waals surface area contributed by atoms with E-state index in [2.05, 4.69) is 14.9 Å². The molecule has 1 heterocycles. The van der Waals surface area contributed by atoms with Crippen LogP contribution in [0, 0.1) is 5.92 Å². The Kier molecular flexibility index (Phi) is 4.29. The van der Waals surface area contributed by atoms with Crippen molar-refractivity contribution in [1.82, 2.24) is 10.1 Å². The highest BCUT2D eigenvalue weighted by molar-refractivity contribution is 5.84. The number of aromatic nitrogens is 2. The molecule has 0 N–H and O–H groups in total. The molecule has 1 fully saturated rings. The second-order valence-electron chi connectivity index (χ2n) is 4.72. The van der Waals surface area contributed by atoms with Crippen LogP contribution in [0.5, 0.6) is 0 Å². The molecule has 1 aromatic heterocycles. The van der Waals surface area contributed by atoms with Gasteiger partial charge in [-0.1, -0.05) is 12.8 Å². The van der Waals surface area contributed by atoms with Gasteiger partial charge in [-0.2, -0.15) is 18.2 Å². The zero-order valence-electron chi connectivity index (χ0n) is 10.9. The molecule has 0 spiro atoms. The fraction of sp³-hybridized carbons (Fsp3) is 0.750. The minimum atomic E-state index is -4.30. The molecule has 1 aromatic rings. The molecular formula is C12H15F3N2O3. The molecule has 0 bridgehead atoms. The number of rotatable bonds is 3. The zero-order chi connectivity index (χ0) is 14.8. The number of nitrogens with zero attached hydrogens (tertiary/aromatic N) is 2. The summed E-state index contributed by atoms with van der Waals surface area (Å²) in [6.07, 6.45) is -2.72. The first-order valence-corrected chi connectivity index (χ1v) is 6.51. The van der Waals surface area contributed by atoms with Crippen molar-refractivity contribution in [2.45, 2.75) is 44.7 Å². The molecule has 8 heteroatoms. The van der Waals surface area contributed by atoms with Crippen molar-refractivity contribution in [2.75, 3.05) is 6.61 Å². The molecule has 0 amide bonds. The number of halogens is 3. The number of alkyl halides is 3. The first-order valence-electron chi connectivity index (χ1n) is 6.51. The molecule has 2 rings (SSSR count). The van der Waals surface area contributed by atoms with Crippen molar-refractivity contribution in [3.05, 3.63) is 11.7 Å². The summed E-state index contributed by atoms with van der Waals surface area (Å²) in [6, 6.07) is 0. The molecule has 0 aromatic carbocycles. The number of carbonyl (C=O) groups excluding carboxylic acids is 1. The monoisotopic (exact) mass is 292 g/mol. The number of esters is 1. The van der Waals surface area contributed by atoms with Crippen molar-refractivity contribution in [1.29, 1.82) is 0 Å². The van der Waals surface area contributed by atoms with Gasteiger partial charge in [-0.05, 0) is 24.9 Å². The van der Waals surface area contributed by atoms with Gasteiger partial charge in [-0.15, -0.1) is 0 Å². The zero-order valence-corrected chi connectivity index (χ0v) is 10.9. The molecule has 1 aliphatic carbocycles. The summed E-state index contributed by atoms with van der Waals surface area (Å²) in [7, 11) is 0. The summed E-state index contributed by atoms with van der Waals surface area (Å²) in [5.41, 5.74) is 0. The summed E-state index contributed by atoms with van der Waals surface area (Å²) in [5.74, 6) is -3.61. The summed E-state index contributed by atoms with van der Waals surface area (Å²) in [6.45, 7) is 1.75. The Balaban J connectivity index is 2.19. The molecular weight excluding hydrogens is 277 g/mol. The molecule has 5 nitrogen and oxygen atoms in total. The molecule has 0 saturated heterocycles. The number of hydrogen-bond donors (Lipinski definition) is 0. The van der Waals surface area contributed by atoms with Crippen molar-refractivity contribution < 1.29 is 27.2 Å². The Bertz CT molecular complexity index is 473. The molecule has 20 heavy (non-hydrogen) atoms. The van der Waals surface area contributed by atoms with Crippen LogP contribution in [0.15, 0.2) is 4.52 Å². The van der Waals surface area contributed by atoms with Gasteiger partial charge in [0.2, 0.25) is 5.89 Å². The fourth-order valence-electron chi connectivity index (χ4n) is 2.48. The highest BCUT2D eigenvalue weighted by Crippen LogP contribution is 2.45. The molecule has 0 radical (unpaired) electrons. The maximum absolute atomic E-state index is 13.0. The van der Waals surface area contributed by atoms with Gasteiger partial charge in [0, 0.05) is 5.92 Å². The minimum Gasteiger partial charge on any atom is -0.460 e. The lowest BCUT2D eigenvalue weighted by atomic mass is 9.78. The van der Waals surface area contributed by atoms with Gasteiger partial charge in [-0.25, -0.2) is 4.79 Å². The Morgan fingerprint density at radius 2 is 2.10 bits per heavy atom. The molecule has 0 aliphatic heterocycles. The Morgan fingerprint density at radius 3 is 2.75 bits per heavy atom. The van der Waals surface area contributed by atoms with Crippen LogP contribution < -0.4 is 0 Å². The SMILES string of the molecule is CCOC(=O)c1noc(C2CCCCC2C(F)(F)F)n1. The van der Waals surface area contributed by atoms with Crippen molar-refractivity contribution in [3.63, 3.8) is 0 Å². The van der Waals surface area contributed by atoms with E-state index in [1.807, 2.05) is 0 Å². The number of ether oxygens (including phenoxy) is 1. The Hall–Kier alpha value is -1.60. The van der Waals surface area contributed by atoms with Crippen molar-refractivity contribution >= 4 is 5.97 Å². The molecule has 2 atom stereocenters. The van der Waals surface area contributed by atoms with Crippen LogP contribution >= 0.6 is 0 Å². The fourth-order valence-corrected chi connectivity index (χ4v) is 2.48. The van der Waals surface area contributed by atoms with Crippen LogP contribution in [-0.4, -0.2) is 28.9 Å². The van der Waals surface area contributed by atoms with Gasteiger partial charge in [0.1, 0.15) is 0 Å². The maximum atomic E-state index is 13.0. The van der Waals surface area contributed by atoms with Gasteiger partial charge in [0.05, 0.1) is 12.5 Å². The second kappa shape index (κ2) is 5.80. The lowest BCUT2D eigenvalue weighted by Gasteiger charge is -2.30. The van der Waals surface area contributed by atoms with E-state index >= 15 is 0 Å². The average Bonchev–Trinajstić information content (AvgIpc) is 2.87. The van der Waals surface area contributed by atoms with Gasteiger partial charge >= 0.3 is 12.1 Å². The highest BCUT2D eigenvalue weighted by Gasteiger charge is 2.48. The summed E-state index contributed by atoms with van der Waals surface area (Å²) < 4.78 is 48.5. The van der Waals surface area contributed by atoms with Crippen LogP contribution in [0.25, 0.3) is 0 Å². The first kappa shape index (κ1) is 14.8. The average molecular weight is 292 g/mol. The van der Waals surface area contributed by atoms with Crippen LogP contribution in [0.1, 0.15) is 55.0 Å². The molecule has 1 aliphatic rings. The third-order valence-electron chi connectivity index (χ3n) is 3.40. The molecule has 112 valence electrons. The van der Waals surface area contributed by atoms with E-state index in [0.29, 0.717) is 19.3 Å². The van der Waals surface area contributed by atoms with E-state index in [1.54, 1.807) is 6.92 Å². The third-order valence-corrected chi connectivity index (χ3v) is 3.40. The van der Waals surface area contributed by atoms with Gasteiger partial charge in [0.15, 0.2) is 0 Å². The predicted octanol–water partition coefficient (Wildman–Crippen LogP) is 3.08. The Labute approximate surface area is 113 Å². The summed E-state index contributed by atoms with van der Waals surface area (Å²) >= 11 is 0. The van der Waals surface area contributed by atoms with Crippen LogP contribution in [0.3, 0.4) is 0 Å². The maximum Gasteiger partial charge on any atom is 0.392 e. The van der Waals surface area contributed by atoms with E-state index in [9.17, 15) is 18.0 Å². The highest BCUT2D eigenvalue weighted by atomic mass is 19.4. The number of hydrogen-bond acceptors (Lipinski definition) is 5. The Morgan fingerprint density at radius 1 is 1.40 bits per heavy atom. The van der Waals surface area contributed by atoms with E-state index in [1.165, 1.54) is 0 Å². The largest absolute Gasteiger partial charge is 0.460 e. The summed E-state index contributed by atoms with van der Waals surface area (Å²) in [5, 5.41) is 3.40. The topological polar surface area (TPSA) is 65.2 Å². The lowest BCUT2D eigenvalue weighted by Crippen LogP contribution is -2.31. The second-order valence-corrected chi connectivity index (χ2v) is 4.72. The van der Waals surface area contributed by atoms with E-state index < -0.39 is 24.0 Å². The predicted molar refractivity (Wildman–Crippen MR) is 61.0 cm³/mol. The normalized spacial score (nSPS) is 23.6. The lowest BCUT2D eigenvalue weighted by molar-refractivity contribution is -0.189. The quantitative estimate of drug-likeness (QED) is 0.801. The smallest absolute Gasteiger partial charge is 0.392 e. The van der Waals surface area contributed by atoms with Gasteiger partial charge in [-0.3, -0.25) is 0 Å². The van der Waals surface area contributed by atoms with E-state index in [0.717, 1.165) is 0 Å². The molecule has 2 unspecified atom stereocenters. The van der Waals surface area contributed by atoms with Crippen molar-refractivity contribution in [3.8, 4) is 0 Å². The van der Waals surface area contributed by atoms with E-state index in [4.69, 9.17) is 4.52 Å². The van der Waals surface area contributed by atoms with Crippen LogP contribution in [0.2, 0.25) is 0 Å². The van der Waals surface area contributed by atoms with Crippen LogP contribution in [-0.2, 0) is 4.74 Å². The van der Waals surface area contributed by atoms with Crippen molar-refractivity contribution in [2.24, 2.45) is 5.92 Å². The van der Waals surface area contributed by atoms with Gasteiger partial charge < -0.3 is 9.26 Å². The third kappa shape index (κ3) is 3.10. The van der Waals surface area contributed by atoms with Gasteiger partial charge in [0.25, 0.3) is 5.82 Å². The minimum absolute atomic E-state index is 0.0469. The van der Waals surface area contributed by atoms with Crippen LogP contribution in [0.4, 0.5) is 13.2 Å². The first-order chi connectivity index (χ1) is 9.43. The number of carbonyl (C=O) groups is 1. The molecule has 1 saturated carbocycles. The standard InChI is InChI=1S/C12H15F3N2O3/c1-2-19-11(18)9-16-10(20-17-9)7-5-3-4-6-8(7)12(13,14)15/h7-8H,2-6H2,1H3. The summed E-state index contributed by atoms with van der Waals surface area (Å²) in [4.78, 5) is 15.2.